The summed E-state index contributed by atoms with van der Waals surface area (Å²) in [6, 6.07) is 4.23. The van der Waals surface area contributed by atoms with E-state index in [0.29, 0.717) is 50.0 Å². The summed E-state index contributed by atoms with van der Waals surface area (Å²) in [5, 5.41) is 2.96. The lowest BCUT2D eigenvalue weighted by Gasteiger charge is -2.33. The summed E-state index contributed by atoms with van der Waals surface area (Å²) in [5.41, 5.74) is 1.30. The van der Waals surface area contributed by atoms with Crippen molar-refractivity contribution in [1.82, 2.24) is 20.2 Å². The Kier molecular flexibility index (Phi) is 4.20. The lowest BCUT2D eigenvalue weighted by molar-refractivity contribution is 0.108. The van der Waals surface area contributed by atoms with E-state index in [0.717, 1.165) is 19.4 Å². The minimum Gasteiger partial charge on any atom is -0.422 e. The van der Waals surface area contributed by atoms with Crippen LogP contribution in [0.5, 0.6) is 0 Å². The van der Waals surface area contributed by atoms with Gasteiger partial charge in [-0.1, -0.05) is 0 Å². The Hall–Kier alpha value is -2.35. The van der Waals surface area contributed by atoms with Crippen LogP contribution in [0.25, 0.3) is 11.2 Å². The van der Waals surface area contributed by atoms with Crippen molar-refractivity contribution in [1.29, 1.82) is 0 Å². The normalized spacial score (nSPS) is 21.4. The van der Waals surface area contributed by atoms with E-state index < -0.39 is 0 Å². The standard InChI is InChI=1S/C16H21N5O3/c22-15(18-11-12-3-2-10-23-12)20-6-8-21(9-7-20)16-19-14-13(24-16)4-1-5-17-14/h1,4-5,12H,2-3,6-11H2,(H,18,22). The number of amides is 2. The first-order valence-electron chi connectivity index (χ1n) is 8.40. The second-order valence-electron chi connectivity index (χ2n) is 6.12. The number of fused-ring (bicyclic) bond motifs is 1. The van der Waals surface area contributed by atoms with Crippen LogP contribution in [0.1, 0.15) is 12.8 Å². The number of carbonyl (C=O) groups excluding carboxylic acids is 1. The fraction of sp³-hybridized carbons (Fsp3) is 0.562. The first kappa shape index (κ1) is 15.2. The zero-order valence-electron chi connectivity index (χ0n) is 13.5. The fourth-order valence-electron chi connectivity index (χ4n) is 3.11. The third-order valence-corrected chi connectivity index (χ3v) is 4.50. The molecule has 0 saturated carbocycles. The van der Waals surface area contributed by atoms with Gasteiger partial charge in [-0.2, -0.15) is 4.98 Å². The van der Waals surface area contributed by atoms with Crippen molar-refractivity contribution in [3.63, 3.8) is 0 Å². The van der Waals surface area contributed by atoms with Gasteiger partial charge in [-0.15, -0.1) is 0 Å². The quantitative estimate of drug-likeness (QED) is 0.911. The highest BCUT2D eigenvalue weighted by atomic mass is 16.5. The molecule has 4 rings (SSSR count). The van der Waals surface area contributed by atoms with Gasteiger partial charge in [-0.3, -0.25) is 0 Å². The molecule has 2 amide bonds. The van der Waals surface area contributed by atoms with Crippen LogP contribution >= 0.6 is 0 Å². The van der Waals surface area contributed by atoms with Crippen LogP contribution in [-0.2, 0) is 4.74 Å². The van der Waals surface area contributed by atoms with Gasteiger partial charge >= 0.3 is 6.03 Å². The third kappa shape index (κ3) is 3.14. The van der Waals surface area contributed by atoms with Crippen molar-refractivity contribution in [2.24, 2.45) is 0 Å². The molecule has 0 radical (unpaired) electrons. The van der Waals surface area contributed by atoms with Crippen molar-refractivity contribution in [3.05, 3.63) is 18.3 Å². The number of pyridine rings is 1. The molecule has 2 aromatic heterocycles. The van der Waals surface area contributed by atoms with Crippen LogP contribution in [0.15, 0.2) is 22.7 Å². The van der Waals surface area contributed by atoms with Crippen LogP contribution in [0.4, 0.5) is 10.8 Å². The summed E-state index contributed by atoms with van der Waals surface area (Å²) in [6.45, 7) is 4.07. The van der Waals surface area contributed by atoms with Gasteiger partial charge < -0.3 is 24.3 Å². The van der Waals surface area contributed by atoms with E-state index in [2.05, 4.69) is 15.3 Å². The number of carbonyl (C=O) groups is 1. The minimum atomic E-state index is -0.0237. The molecule has 2 aliphatic rings. The van der Waals surface area contributed by atoms with E-state index in [1.165, 1.54) is 0 Å². The summed E-state index contributed by atoms with van der Waals surface area (Å²) < 4.78 is 11.3. The summed E-state index contributed by atoms with van der Waals surface area (Å²) in [5.74, 6) is 0. The van der Waals surface area contributed by atoms with Crippen molar-refractivity contribution in [3.8, 4) is 0 Å². The van der Waals surface area contributed by atoms with Crippen molar-refractivity contribution in [2.75, 3.05) is 44.2 Å². The SMILES string of the molecule is O=C(NCC1CCCO1)N1CCN(c2nc3ncccc3o2)CC1. The number of ether oxygens (including phenoxy) is 1. The molecule has 2 fully saturated rings. The third-order valence-electron chi connectivity index (χ3n) is 4.50. The van der Waals surface area contributed by atoms with Gasteiger partial charge in [-0.05, 0) is 25.0 Å². The van der Waals surface area contributed by atoms with Crippen LogP contribution < -0.4 is 10.2 Å². The molecule has 4 heterocycles. The van der Waals surface area contributed by atoms with E-state index in [4.69, 9.17) is 9.15 Å². The molecule has 128 valence electrons. The highest BCUT2D eigenvalue weighted by molar-refractivity contribution is 5.74. The number of piperazine rings is 1. The van der Waals surface area contributed by atoms with Crippen LogP contribution in [0, 0.1) is 0 Å². The number of anilines is 1. The highest BCUT2D eigenvalue weighted by Gasteiger charge is 2.25. The highest BCUT2D eigenvalue weighted by Crippen LogP contribution is 2.21. The molecule has 8 nitrogen and oxygen atoms in total. The number of rotatable bonds is 3. The maximum Gasteiger partial charge on any atom is 0.317 e. The summed E-state index contributed by atoms with van der Waals surface area (Å²) in [4.78, 5) is 24.7. The lowest BCUT2D eigenvalue weighted by atomic mass is 10.2. The molecule has 0 aromatic carbocycles. The maximum absolute atomic E-state index is 12.2. The van der Waals surface area contributed by atoms with Gasteiger partial charge in [-0.25, -0.2) is 9.78 Å². The van der Waals surface area contributed by atoms with E-state index in [-0.39, 0.29) is 12.1 Å². The molecular formula is C16H21N5O3. The number of aromatic nitrogens is 2. The molecule has 0 spiro atoms. The number of hydrogen-bond acceptors (Lipinski definition) is 6. The Morgan fingerprint density at radius 3 is 2.96 bits per heavy atom. The summed E-state index contributed by atoms with van der Waals surface area (Å²) in [6.07, 6.45) is 3.98. The van der Waals surface area contributed by atoms with Gasteiger partial charge in [0.15, 0.2) is 5.58 Å². The maximum atomic E-state index is 12.2. The molecule has 2 saturated heterocycles. The summed E-state index contributed by atoms with van der Waals surface area (Å²) in [7, 11) is 0. The molecule has 2 aliphatic heterocycles. The molecule has 1 atom stereocenters. The van der Waals surface area contributed by atoms with E-state index in [9.17, 15) is 4.79 Å². The average molecular weight is 331 g/mol. The summed E-state index contributed by atoms with van der Waals surface area (Å²) >= 11 is 0. The smallest absolute Gasteiger partial charge is 0.317 e. The Balaban J connectivity index is 1.30. The number of urea groups is 1. The van der Waals surface area contributed by atoms with Crippen molar-refractivity contribution >= 4 is 23.3 Å². The molecule has 1 unspecified atom stereocenters. The molecule has 8 heteroatoms. The molecule has 0 bridgehead atoms. The Bertz CT molecular complexity index is 672. The molecule has 0 aliphatic carbocycles. The first-order valence-corrected chi connectivity index (χ1v) is 8.40. The van der Waals surface area contributed by atoms with Crippen LogP contribution in [-0.4, -0.2) is 66.3 Å². The van der Waals surface area contributed by atoms with E-state index >= 15 is 0 Å². The van der Waals surface area contributed by atoms with Crippen molar-refractivity contribution in [2.45, 2.75) is 18.9 Å². The van der Waals surface area contributed by atoms with Gasteiger partial charge in [0, 0.05) is 45.5 Å². The second kappa shape index (κ2) is 6.64. The van der Waals surface area contributed by atoms with Crippen molar-refractivity contribution < 1.29 is 13.9 Å². The predicted molar refractivity (Wildman–Crippen MR) is 88.0 cm³/mol. The average Bonchev–Trinajstić information content (AvgIpc) is 3.29. The lowest BCUT2D eigenvalue weighted by Crippen LogP contribution is -2.52. The zero-order valence-corrected chi connectivity index (χ0v) is 13.5. The minimum absolute atomic E-state index is 0.0237. The van der Waals surface area contributed by atoms with Gasteiger partial charge in [0.05, 0.1) is 6.10 Å². The Morgan fingerprint density at radius 2 is 2.21 bits per heavy atom. The number of nitrogens with zero attached hydrogens (tertiary/aromatic N) is 4. The van der Waals surface area contributed by atoms with Gasteiger partial charge in [0.25, 0.3) is 6.01 Å². The monoisotopic (exact) mass is 331 g/mol. The fourth-order valence-corrected chi connectivity index (χ4v) is 3.11. The first-order chi connectivity index (χ1) is 11.8. The topological polar surface area (TPSA) is 83.7 Å². The molecular weight excluding hydrogens is 310 g/mol. The largest absolute Gasteiger partial charge is 0.422 e. The molecule has 1 N–H and O–H groups in total. The second-order valence-corrected chi connectivity index (χ2v) is 6.12. The zero-order chi connectivity index (χ0) is 16.4. The van der Waals surface area contributed by atoms with Crippen LogP contribution in [0.3, 0.4) is 0 Å². The Labute approximate surface area is 139 Å². The van der Waals surface area contributed by atoms with Gasteiger partial charge in [0.1, 0.15) is 0 Å². The van der Waals surface area contributed by atoms with E-state index in [1.54, 1.807) is 6.20 Å². The number of nitrogens with one attached hydrogen (secondary N) is 1. The number of hydrogen-bond donors (Lipinski definition) is 1. The molecule has 2 aromatic rings. The number of oxazole rings is 1. The molecule has 24 heavy (non-hydrogen) atoms. The predicted octanol–water partition coefficient (Wildman–Crippen LogP) is 1.23. The van der Waals surface area contributed by atoms with Gasteiger partial charge in [0.2, 0.25) is 5.65 Å². The van der Waals surface area contributed by atoms with E-state index in [1.807, 2.05) is 21.9 Å². The Morgan fingerprint density at radius 1 is 1.33 bits per heavy atom. The van der Waals surface area contributed by atoms with Crippen LogP contribution in [0.2, 0.25) is 0 Å².